The van der Waals surface area contributed by atoms with Crippen molar-refractivity contribution in [3.05, 3.63) is 40.5 Å². The number of carbonyl (C=O) groups is 1. The number of thiophene rings is 1. The van der Waals surface area contributed by atoms with Crippen LogP contribution < -0.4 is 10.2 Å². The molecule has 2 aromatic rings. The first-order chi connectivity index (χ1) is 10.2. The van der Waals surface area contributed by atoms with Gasteiger partial charge in [-0.3, -0.25) is 9.78 Å². The maximum atomic E-state index is 12.0. The molecule has 1 saturated heterocycles. The number of piperidine rings is 1. The van der Waals surface area contributed by atoms with E-state index in [0.29, 0.717) is 0 Å². The van der Waals surface area contributed by atoms with Crippen molar-refractivity contribution in [3.63, 3.8) is 0 Å². The molecule has 0 radical (unpaired) electrons. The van der Waals surface area contributed by atoms with Crippen molar-refractivity contribution in [2.24, 2.45) is 0 Å². The zero-order valence-corrected chi connectivity index (χ0v) is 12.8. The van der Waals surface area contributed by atoms with E-state index in [1.165, 1.54) is 0 Å². The SMILES string of the molecule is Cc1cncc(N2CCC(NC(=O)c3ccsc3)CC2)n1. The number of hydrogen-bond acceptors (Lipinski definition) is 5. The second kappa shape index (κ2) is 6.22. The number of nitrogens with zero attached hydrogens (tertiary/aromatic N) is 3. The molecule has 0 saturated carbocycles. The van der Waals surface area contributed by atoms with E-state index < -0.39 is 0 Å². The second-order valence-corrected chi connectivity index (χ2v) is 6.05. The fourth-order valence-corrected chi connectivity index (χ4v) is 3.15. The summed E-state index contributed by atoms with van der Waals surface area (Å²) in [5.74, 6) is 0.961. The molecule has 0 atom stereocenters. The number of amides is 1. The van der Waals surface area contributed by atoms with E-state index in [4.69, 9.17) is 0 Å². The van der Waals surface area contributed by atoms with Crippen molar-refractivity contribution >= 4 is 23.1 Å². The molecule has 5 nitrogen and oxygen atoms in total. The standard InChI is InChI=1S/C15H18N4OS/c1-11-8-16-9-14(17-11)19-5-2-13(3-6-19)18-15(20)12-4-7-21-10-12/h4,7-10,13H,2-3,5-6H2,1H3,(H,18,20). The van der Waals surface area contributed by atoms with Gasteiger partial charge in [0.25, 0.3) is 5.91 Å². The molecular formula is C15H18N4OS. The van der Waals surface area contributed by atoms with Gasteiger partial charge in [-0.2, -0.15) is 11.3 Å². The van der Waals surface area contributed by atoms with Gasteiger partial charge in [-0.1, -0.05) is 0 Å². The van der Waals surface area contributed by atoms with Crippen LogP contribution in [0.2, 0.25) is 0 Å². The highest BCUT2D eigenvalue weighted by Gasteiger charge is 2.22. The Balaban J connectivity index is 1.54. The van der Waals surface area contributed by atoms with Crippen LogP contribution in [-0.2, 0) is 0 Å². The van der Waals surface area contributed by atoms with Crippen LogP contribution in [0.15, 0.2) is 29.2 Å². The van der Waals surface area contributed by atoms with Gasteiger partial charge in [0, 0.05) is 36.3 Å². The second-order valence-electron chi connectivity index (χ2n) is 5.27. The van der Waals surface area contributed by atoms with Crippen LogP contribution >= 0.6 is 11.3 Å². The minimum Gasteiger partial charge on any atom is -0.355 e. The van der Waals surface area contributed by atoms with Crippen molar-refractivity contribution in [1.82, 2.24) is 15.3 Å². The molecular weight excluding hydrogens is 284 g/mol. The molecule has 0 unspecified atom stereocenters. The van der Waals surface area contributed by atoms with Crippen molar-refractivity contribution < 1.29 is 4.79 Å². The molecule has 3 rings (SSSR count). The summed E-state index contributed by atoms with van der Waals surface area (Å²) >= 11 is 1.54. The van der Waals surface area contributed by atoms with Gasteiger partial charge in [-0.05, 0) is 31.2 Å². The zero-order chi connectivity index (χ0) is 14.7. The third-order valence-corrected chi connectivity index (χ3v) is 4.36. The molecule has 0 spiro atoms. The molecule has 3 heterocycles. The maximum Gasteiger partial charge on any atom is 0.252 e. The quantitative estimate of drug-likeness (QED) is 0.945. The topological polar surface area (TPSA) is 58.1 Å². The van der Waals surface area contributed by atoms with Crippen molar-refractivity contribution in [2.45, 2.75) is 25.8 Å². The Morgan fingerprint density at radius 1 is 1.38 bits per heavy atom. The first kappa shape index (κ1) is 14.0. The molecule has 110 valence electrons. The van der Waals surface area contributed by atoms with E-state index in [1.54, 1.807) is 23.7 Å². The van der Waals surface area contributed by atoms with Crippen molar-refractivity contribution in [3.8, 4) is 0 Å². The molecule has 6 heteroatoms. The Labute approximate surface area is 128 Å². The van der Waals surface area contributed by atoms with Crippen LogP contribution in [0.5, 0.6) is 0 Å². The summed E-state index contributed by atoms with van der Waals surface area (Å²) in [5, 5.41) is 6.92. The van der Waals surface area contributed by atoms with E-state index in [-0.39, 0.29) is 11.9 Å². The molecule has 0 bridgehead atoms. The molecule has 1 N–H and O–H groups in total. The average Bonchev–Trinajstić information content (AvgIpc) is 3.02. The van der Waals surface area contributed by atoms with Gasteiger partial charge in [-0.25, -0.2) is 4.98 Å². The molecule has 1 aliphatic rings. The van der Waals surface area contributed by atoms with Crippen LogP contribution in [0.1, 0.15) is 28.9 Å². The van der Waals surface area contributed by atoms with Gasteiger partial charge in [0.1, 0.15) is 5.82 Å². The summed E-state index contributed by atoms with van der Waals surface area (Å²) in [4.78, 5) is 22.9. The Morgan fingerprint density at radius 3 is 2.86 bits per heavy atom. The molecule has 0 aliphatic carbocycles. The lowest BCUT2D eigenvalue weighted by atomic mass is 10.0. The summed E-state index contributed by atoms with van der Waals surface area (Å²) in [7, 11) is 0. The third-order valence-electron chi connectivity index (χ3n) is 3.68. The largest absolute Gasteiger partial charge is 0.355 e. The highest BCUT2D eigenvalue weighted by atomic mass is 32.1. The van der Waals surface area contributed by atoms with Gasteiger partial charge in [0.05, 0.1) is 11.9 Å². The number of hydrogen-bond donors (Lipinski definition) is 1. The summed E-state index contributed by atoms with van der Waals surface area (Å²) in [6, 6.07) is 2.10. The minimum atomic E-state index is 0.0325. The van der Waals surface area contributed by atoms with Crippen LogP contribution in [0.25, 0.3) is 0 Å². The summed E-state index contributed by atoms with van der Waals surface area (Å²) in [6.45, 7) is 3.74. The summed E-state index contributed by atoms with van der Waals surface area (Å²) in [5.41, 5.74) is 1.69. The lowest BCUT2D eigenvalue weighted by molar-refractivity contribution is 0.0931. The number of nitrogens with one attached hydrogen (secondary N) is 1. The number of carbonyl (C=O) groups excluding carboxylic acids is 1. The third kappa shape index (κ3) is 3.39. The Bertz CT molecular complexity index is 606. The lowest BCUT2D eigenvalue weighted by Gasteiger charge is -2.33. The van der Waals surface area contributed by atoms with Crippen molar-refractivity contribution in [1.29, 1.82) is 0 Å². The normalized spacial score (nSPS) is 16.0. The highest BCUT2D eigenvalue weighted by molar-refractivity contribution is 7.08. The summed E-state index contributed by atoms with van der Waals surface area (Å²) < 4.78 is 0. The number of rotatable bonds is 3. The predicted octanol–water partition coefficient (Wildman–Crippen LogP) is 2.25. The monoisotopic (exact) mass is 302 g/mol. The van der Waals surface area contributed by atoms with Gasteiger partial charge in [0.2, 0.25) is 0 Å². The van der Waals surface area contributed by atoms with Gasteiger partial charge in [-0.15, -0.1) is 0 Å². The first-order valence-corrected chi connectivity index (χ1v) is 8.03. The minimum absolute atomic E-state index is 0.0325. The fraction of sp³-hybridized carbons (Fsp3) is 0.400. The molecule has 2 aromatic heterocycles. The van der Waals surface area contributed by atoms with Gasteiger partial charge in [0.15, 0.2) is 0 Å². The first-order valence-electron chi connectivity index (χ1n) is 7.09. The fourth-order valence-electron chi connectivity index (χ4n) is 2.52. The Kier molecular flexibility index (Phi) is 4.15. The van der Waals surface area contributed by atoms with E-state index in [2.05, 4.69) is 20.2 Å². The average molecular weight is 302 g/mol. The smallest absolute Gasteiger partial charge is 0.252 e. The van der Waals surface area contributed by atoms with E-state index >= 15 is 0 Å². The number of aryl methyl sites for hydroxylation is 1. The van der Waals surface area contributed by atoms with Crippen molar-refractivity contribution in [2.75, 3.05) is 18.0 Å². The maximum absolute atomic E-state index is 12.0. The molecule has 0 aromatic carbocycles. The van der Waals surface area contributed by atoms with Gasteiger partial charge >= 0.3 is 0 Å². The molecule has 1 amide bonds. The molecule has 1 aliphatic heterocycles. The highest BCUT2D eigenvalue weighted by Crippen LogP contribution is 2.18. The molecule has 21 heavy (non-hydrogen) atoms. The number of aromatic nitrogens is 2. The summed E-state index contributed by atoms with van der Waals surface area (Å²) in [6.07, 6.45) is 5.44. The van der Waals surface area contributed by atoms with Crippen LogP contribution in [0.4, 0.5) is 5.82 Å². The van der Waals surface area contributed by atoms with Crippen LogP contribution in [0, 0.1) is 6.92 Å². The number of anilines is 1. The van der Waals surface area contributed by atoms with E-state index in [1.807, 2.05) is 23.8 Å². The van der Waals surface area contributed by atoms with Gasteiger partial charge < -0.3 is 10.2 Å². The van der Waals surface area contributed by atoms with Crippen LogP contribution in [-0.4, -0.2) is 35.0 Å². The Morgan fingerprint density at radius 2 is 2.19 bits per heavy atom. The van der Waals surface area contributed by atoms with Crippen LogP contribution in [0.3, 0.4) is 0 Å². The van der Waals surface area contributed by atoms with E-state index in [9.17, 15) is 4.79 Å². The van der Waals surface area contributed by atoms with E-state index in [0.717, 1.165) is 43.0 Å². The molecule has 1 fully saturated rings. The Hall–Kier alpha value is -1.95. The zero-order valence-electron chi connectivity index (χ0n) is 12.0. The lowest BCUT2D eigenvalue weighted by Crippen LogP contribution is -2.45. The predicted molar refractivity (Wildman–Crippen MR) is 83.8 cm³/mol.